The SMILES string of the molecule is CC(C)=C1CCc2ccc(cc2)[C@H]2C=C[C@@H](c3ccccc3)C[C@H]2CC(=O)O[C@H]2c3c(ccc4c(CO)cc(=O)oc34)OC(C)(C)[C@H]2OC1=O. The van der Waals surface area contributed by atoms with Crippen molar-refractivity contribution < 1.29 is 33.3 Å². The van der Waals surface area contributed by atoms with Gasteiger partial charge in [-0.25, -0.2) is 9.59 Å². The Labute approximate surface area is 291 Å². The van der Waals surface area contributed by atoms with E-state index in [0.29, 0.717) is 35.1 Å². The number of rotatable bonds is 2. The van der Waals surface area contributed by atoms with Crippen LogP contribution in [-0.2, 0) is 32.1 Å². The van der Waals surface area contributed by atoms with Crippen molar-refractivity contribution in [2.75, 3.05) is 0 Å². The standard InChI is InChI=1S/C42H42O8/c1-24(2)31-16-12-25-10-13-27(14-11-25)32-17-15-28(26-8-6-5-7-9-26)20-29(32)21-35(44)48-39-37-34(50-42(3,4)40(39)49-41(31)46)19-18-33-30(23-43)22-36(45)47-38(33)37/h5-11,13-15,17-19,22,28-29,32,39-40,43H,12,16,20-21,23H2,1-4H3/t28-,29+,32-,39+,40+/m1/s1. The van der Waals surface area contributed by atoms with Crippen LogP contribution in [0.15, 0.2) is 105 Å². The van der Waals surface area contributed by atoms with Gasteiger partial charge in [-0.05, 0) is 87.3 Å². The number of fused-ring (bicyclic) bond motifs is 11. The number of aliphatic hydroxyl groups excluding tert-OH is 1. The number of carbonyl (C=O) groups excluding carboxylic acids is 2. The van der Waals surface area contributed by atoms with Gasteiger partial charge in [0.15, 0.2) is 12.2 Å². The van der Waals surface area contributed by atoms with E-state index in [1.165, 1.54) is 11.6 Å². The fourth-order valence-electron chi connectivity index (χ4n) is 7.79. The minimum Gasteiger partial charge on any atom is -0.483 e. The molecule has 4 aliphatic rings. The van der Waals surface area contributed by atoms with Gasteiger partial charge in [-0.15, -0.1) is 0 Å². The molecule has 8 heteroatoms. The molecule has 0 unspecified atom stereocenters. The average molecular weight is 675 g/mol. The zero-order valence-electron chi connectivity index (χ0n) is 28.8. The molecule has 8 nitrogen and oxygen atoms in total. The van der Waals surface area contributed by atoms with Crippen LogP contribution in [0.1, 0.15) is 92.7 Å². The normalized spacial score (nSPS) is 24.7. The summed E-state index contributed by atoms with van der Waals surface area (Å²) < 4.78 is 24.9. The lowest BCUT2D eigenvalue weighted by Crippen LogP contribution is -2.52. The molecule has 0 spiro atoms. The lowest BCUT2D eigenvalue weighted by molar-refractivity contribution is -0.188. The summed E-state index contributed by atoms with van der Waals surface area (Å²) in [5.74, 6) is -0.639. The predicted octanol–water partition coefficient (Wildman–Crippen LogP) is 7.77. The van der Waals surface area contributed by atoms with Crippen LogP contribution in [0.3, 0.4) is 0 Å². The van der Waals surface area contributed by atoms with Crippen molar-refractivity contribution in [3.63, 3.8) is 0 Å². The molecule has 4 aromatic rings. The quantitative estimate of drug-likeness (QED) is 0.0994. The van der Waals surface area contributed by atoms with Crippen LogP contribution in [0.25, 0.3) is 11.0 Å². The number of hydrogen-bond donors (Lipinski definition) is 1. The van der Waals surface area contributed by atoms with Gasteiger partial charge in [-0.2, -0.15) is 0 Å². The van der Waals surface area contributed by atoms with Crippen molar-refractivity contribution in [1.82, 2.24) is 0 Å². The Bertz CT molecular complexity index is 2050. The molecule has 1 aromatic heterocycles. The van der Waals surface area contributed by atoms with Gasteiger partial charge in [0.25, 0.3) is 0 Å². The molecule has 5 atom stereocenters. The van der Waals surface area contributed by atoms with Crippen LogP contribution in [0.2, 0.25) is 0 Å². The van der Waals surface area contributed by atoms with Crippen molar-refractivity contribution >= 4 is 22.9 Å². The van der Waals surface area contributed by atoms with Crippen LogP contribution < -0.4 is 10.4 Å². The second kappa shape index (κ2) is 13.4. The van der Waals surface area contributed by atoms with E-state index < -0.39 is 42.0 Å². The Balaban J connectivity index is 1.36. The molecule has 258 valence electrons. The van der Waals surface area contributed by atoms with E-state index in [1.807, 2.05) is 32.0 Å². The molecule has 1 aliphatic carbocycles. The summed E-state index contributed by atoms with van der Waals surface area (Å²) >= 11 is 0. The summed E-state index contributed by atoms with van der Waals surface area (Å²) in [5.41, 5.74) is 3.70. The second-order valence-corrected chi connectivity index (χ2v) is 14.4. The van der Waals surface area contributed by atoms with Gasteiger partial charge in [0, 0.05) is 35.3 Å². The molecule has 0 saturated heterocycles. The average Bonchev–Trinajstić information content (AvgIpc) is 3.09. The number of hydrogen-bond acceptors (Lipinski definition) is 8. The minimum atomic E-state index is -1.17. The Hall–Kier alpha value is -4.95. The van der Waals surface area contributed by atoms with Gasteiger partial charge in [0.05, 0.1) is 12.2 Å². The maximum absolute atomic E-state index is 14.3. The zero-order valence-corrected chi connectivity index (χ0v) is 28.8. The monoisotopic (exact) mass is 674 g/mol. The van der Waals surface area contributed by atoms with Crippen LogP contribution in [0, 0.1) is 5.92 Å². The smallest absolute Gasteiger partial charge is 0.336 e. The van der Waals surface area contributed by atoms with E-state index in [2.05, 4.69) is 48.6 Å². The largest absolute Gasteiger partial charge is 0.483 e. The van der Waals surface area contributed by atoms with Crippen LogP contribution in [0.5, 0.6) is 5.75 Å². The first-order valence-corrected chi connectivity index (χ1v) is 17.3. The van der Waals surface area contributed by atoms with Gasteiger partial charge < -0.3 is 23.7 Å². The molecule has 3 aromatic carbocycles. The van der Waals surface area contributed by atoms with Crippen LogP contribution in [0.4, 0.5) is 0 Å². The summed E-state index contributed by atoms with van der Waals surface area (Å²) in [6, 6.07) is 23.4. The first-order valence-electron chi connectivity index (χ1n) is 17.3. The fraction of sp³-hybridized carbons (Fsp3) is 0.357. The molecule has 2 bridgehead atoms. The molecule has 0 saturated carbocycles. The number of aryl methyl sites for hydroxylation is 1. The first kappa shape index (κ1) is 33.5. The second-order valence-electron chi connectivity index (χ2n) is 14.4. The summed E-state index contributed by atoms with van der Waals surface area (Å²) in [6.45, 7) is 6.93. The summed E-state index contributed by atoms with van der Waals surface area (Å²) in [6.07, 6.45) is 4.13. The molecule has 0 amide bonds. The molecule has 3 aliphatic heterocycles. The zero-order chi connectivity index (χ0) is 35.2. The molecule has 1 N–H and O–H groups in total. The Morgan fingerprint density at radius 2 is 1.64 bits per heavy atom. The first-order chi connectivity index (χ1) is 24.0. The maximum Gasteiger partial charge on any atom is 0.336 e. The highest BCUT2D eigenvalue weighted by molar-refractivity contribution is 5.90. The number of allylic oxidation sites excluding steroid dienone is 3. The van der Waals surface area contributed by atoms with Crippen molar-refractivity contribution in [2.24, 2.45) is 5.92 Å². The Morgan fingerprint density at radius 3 is 2.36 bits per heavy atom. The van der Waals surface area contributed by atoms with Gasteiger partial charge in [0.2, 0.25) is 0 Å². The van der Waals surface area contributed by atoms with E-state index in [-0.39, 0.29) is 35.3 Å². The van der Waals surface area contributed by atoms with Gasteiger partial charge in [-0.3, -0.25) is 4.79 Å². The molecule has 0 fully saturated rings. The third kappa shape index (κ3) is 6.40. The van der Waals surface area contributed by atoms with E-state index in [0.717, 1.165) is 23.1 Å². The highest BCUT2D eigenvalue weighted by Crippen LogP contribution is 2.48. The van der Waals surface area contributed by atoms with Crippen LogP contribution >= 0.6 is 0 Å². The number of benzene rings is 3. The number of ether oxygens (including phenoxy) is 3. The highest BCUT2D eigenvalue weighted by atomic mass is 16.6. The molecular weight excluding hydrogens is 632 g/mol. The number of esters is 2. The highest BCUT2D eigenvalue weighted by Gasteiger charge is 2.51. The third-order valence-electron chi connectivity index (χ3n) is 10.4. The van der Waals surface area contributed by atoms with E-state index in [1.54, 1.807) is 26.0 Å². The summed E-state index contributed by atoms with van der Waals surface area (Å²) in [5, 5.41) is 10.6. The Morgan fingerprint density at radius 1 is 0.880 bits per heavy atom. The summed E-state index contributed by atoms with van der Waals surface area (Å²) in [7, 11) is 0. The molecule has 8 rings (SSSR count). The molecule has 0 radical (unpaired) electrons. The van der Waals surface area contributed by atoms with Gasteiger partial charge >= 0.3 is 17.6 Å². The van der Waals surface area contributed by atoms with E-state index in [4.69, 9.17) is 18.6 Å². The maximum atomic E-state index is 14.3. The van der Waals surface area contributed by atoms with E-state index in [9.17, 15) is 19.5 Å². The lowest BCUT2D eigenvalue weighted by Gasteiger charge is -2.43. The lowest BCUT2D eigenvalue weighted by atomic mass is 9.72. The third-order valence-corrected chi connectivity index (χ3v) is 10.4. The topological polar surface area (TPSA) is 112 Å². The van der Waals surface area contributed by atoms with Gasteiger partial charge in [0.1, 0.15) is 16.9 Å². The van der Waals surface area contributed by atoms with Crippen molar-refractivity contribution in [1.29, 1.82) is 0 Å². The Kier molecular flexibility index (Phi) is 8.99. The number of carbonyl (C=O) groups is 2. The van der Waals surface area contributed by atoms with E-state index >= 15 is 0 Å². The molecule has 50 heavy (non-hydrogen) atoms. The van der Waals surface area contributed by atoms with Crippen molar-refractivity contribution in [3.8, 4) is 5.75 Å². The van der Waals surface area contributed by atoms with Crippen molar-refractivity contribution in [2.45, 2.75) is 89.6 Å². The molecule has 4 heterocycles. The van der Waals surface area contributed by atoms with Gasteiger partial charge in [-0.1, -0.05) is 72.3 Å². The number of aliphatic hydroxyl groups is 1. The molecular formula is C42H42O8. The summed E-state index contributed by atoms with van der Waals surface area (Å²) in [4.78, 5) is 41.1. The fourth-order valence-corrected chi connectivity index (χ4v) is 7.79. The van der Waals surface area contributed by atoms with Crippen molar-refractivity contribution in [3.05, 3.63) is 134 Å². The van der Waals surface area contributed by atoms with Crippen LogP contribution in [-0.4, -0.2) is 28.8 Å². The predicted molar refractivity (Wildman–Crippen MR) is 189 cm³/mol. The minimum absolute atomic E-state index is 0.0178.